The third kappa shape index (κ3) is 10.3. The fourth-order valence-corrected chi connectivity index (χ4v) is 4.43. The predicted octanol–water partition coefficient (Wildman–Crippen LogP) is 2.51. The van der Waals surface area contributed by atoms with Crippen LogP contribution in [0.15, 0.2) is 49.2 Å². The van der Waals surface area contributed by atoms with Gasteiger partial charge in [-0.1, -0.05) is 0 Å². The summed E-state index contributed by atoms with van der Waals surface area (Å²) in [6, 6.07) is 4.73. The lowest BCUT2D eigenvalue weighted by atomic mass is 10.3. The van der Waals surface area contributed by atoms with Gasteiger partial charge in [0, 0.05) is 65.7 Å². The van der Waals surface area contributed by atoms with Gasteiger partial charge in [0.25, 0.3) is 23.6 Å². The first-order valence-corrected chi connectivity index (χ1v) is 14.5. The van der Waals surface area contributed by atoms with Crippen molar-refractivity contribution in [3.8, 4) is 0 Å². The number of halogens is 3. The van der Waals surface area contributed by atoms with Gasteiger partial charge in [-0.25, -0.2) is 9.78 Å². The van der Waals surface area contributed by atoms with Gasteiger partial charge in [-0.15, -0.1) is 0 Å². The maximum Gasteiger partial charge on any atom is 0.490 e. The van der Waals surface area contributed by atoms with Crippen LogP contribution in [0.3, 0.4) is 0 Å². The number of aliphatic carboxylic acids is 1. The Morgan fingerprint density at radius 2 is 1.14 bits per heavy atom. The molecule has 4 rings (SSSR count). The van der Waals surface area contributed by atoms with Crippen molar-refractivity contribution >= 4 is 46.7 Å². The molecule has 16 nitrogen and oxygen atoms in total. The lowest BCUT2D eigenvalue weighted by Gasteiger charge is -2.10. The Morgan fingerprint density at radius 3 is 1.51 bits per heavy atom. The van der Waals surface area contributed by atoms with Gasteiger partial charge in [0.15, 0.2) is 5.82 Å². The smallest absolute Gasteiger partial charge is 0.475 e. The number of nitrogens with one attached hydrogen (secondary N) is 4. The van der Waals surface area contributed by atoms with E-state index in [0.717, 1.165) is 13.0 Å². The van der Waals surface area contributed by atoms with Crippen LogP contribution in [0.5, 0.6) is 0 Å². The zero-order valence-corrected chi connectivity index (χ0v) is 27.5. The normalized spacial score (nSPS) is 11.1. The van der Waals surface area contributed by atoms with Gasteiger partial charge in [0.2, 0.25) is 0 Å². The summed E-state index contributed by atoms with van der Waals surface area (Å²) in [6.45, 7) is 1.41. The molecule has 0 aliphatic rings. The summed E-state index contributed by atoms with van der Waals surface area (Å²) < 4.78 is 38.2. The number of alkyl halides is 3. The van der Waals surface area contributed by atoms with Gasteiger partial charge in [-0.3, -0.25) is 19.2 Å². The molecule has 0 bridgehead atoms. The van der Waals surface area contributed by atoms with E-state index < -0.39 is 29.9 Å². The molecule has 0 aromatic carbocycles. The molecule has 4 amide bonds. The minimum absolute atomic E-state index is 0.222. The summed E-state index contributed by atoms with van der Waals surface area (Å²) in [5.74, 6) is -3.96. The van der Waals surface area contributed by atoms with E-state index in [1.54, 1.807) is 89.4 Å². The number of aromatic nitrogens is 5. The van der Waals surface area contributed by atoms with Crippen molar-refractivity contribution in [1.82, 2.24) is 33.5 Å². The molecule has 0 radical (unpaired) electrons. The molecule has 0 saturated heterocycles. The van der Waals surface area contributed by atoms with E-state index in [9.17, 15) is 32.3 Å². The van der Waals surface area contributed by atoms with Crippen LogP contribution in [0.25, 0.3) is 0 Å². The van der Waals surface area contributed by atoms with Crippen LogP contribution in [-0.2, 0) is 33.0 Å². The summed E-state index contributed by atoms with van der Waals surface area (Å²) in [5.41, 5.74) is 2.35. The molecule has 0 spiro atoms. The largest absolute Gasteiger partial charge is 0.490 e. The van der Waals surface area contributed by atoms with Gasteiger partial charge in [-0.2, -0.15) is 13.2 Å². The van der Waals surface area contributed by atoms with Crippen LogP contribution in [0.4, 0.5) is 30.2 Å². The number of aryl methyl sites for hydroxylation is 4. The highest BCUT2D eigenvalue weighted by molar-refractivity contribution is 6.08. The maximum absolute atomic E-state index is 13.0. The molecule has 4 aromatic rings. The van der Waals surface area contributed by atoms with Crippen LogP contribution < -0.4 is 21.3 Å². The van der Waals surface area contributed by atoms with Gasteiger partial charge in [0.1, 0.15) is 17.1 Å². The number of imidazole rings is 1. The van der Waals surface area contributed by atoms with Crippen molar-refractivity contribution in [3.05, 3.63) is 72.1 Å². The molecule has 4 heterocycles. The SMILES string of the molecule is CN(C)CCCNC(=O)c1cc(NC(=O)c2cc(NC(=O)c3cc(NC(=O)c4nccn4C)cn3C)cn2C)cn1C.O=C(O)C(F)(F)F. The average Bonchev–Trinajstić information content (AvgIpc) is 3.77. The van der Waals surface area contributed by atoms with E-state index in [-0.39, 0.29) is 11.7 Å². The summed E-state index contributed by atoms with van der Waals surface area (Å²) in [6.07, 6.45) is 3.84. The van der Waals surface area contributed by atoms with Crippen LogP contribution in [0.1, 0.15) is 48.5 Å². The molecule has 5 N–H and O–H groups in total. The van der Waals surface area contributed by atoms with Crippen molar-refractivity contribution in [2.24, 2.45) is 28.2 Å². The number of carboxylic acids is 1. The van der Waals surface area contributed by atoms with E-state index >= 15 is 0 Å². The van der Waals surface area contributed by atoms with Crippen molar-refractivity contribution in [1.29, 1.82) is 0 Å². The lowest BCUT2D eigenvalue weighted by Crippen LogP contribution is -2.28. The minimum Gasteiger partial charge on any atom is -0.475 e. The molecular formula is C30H37F3N10O6. The molecule has 0 fully saturated rings. The monoisotopic (exact) mass is 690 g/mol. The van der Waals surface area contributed by atoms with E-state index in [1.165, 1.54) is 6.20 Å². The Balaban J connectivity index is 0.000000838. The van der Waals surface area contributed by atoms with E-state index in [1.807, 2.05) is 19.0 Å². The van der Waals surface area contributed by atoms with E-state index in [0.29, 0.717) is 40.7 Å². The first-order chi connectivity index (χ1) is 22.9. The second-order valence-electron chi connectivity index (χ2n) is 11.1. The van der Waals surface area contributed by atoms with Gasteiger partial charge >= 0.3 is 12.1 Å². The first kappa shape index (κ1) is 37.6. The molecule has 19 heteroatoms. The number of hydrogen-bond acceptors (Lipinski definition) is 7. The first-order valence-electron chi connectivity index (χ1n) is 14.5. The maximum atomic E-state index is 13.0. The number of hydrogen-bond donors (Lipinski definition) is 5. The number of nitrogens with zero attached hydrogens (tertiary/aromatic N) is 6. The van der Waals surface area contributed by atoms with Gasteiger partial charge < -0.3 is 49.5 Å². The fraction of sp³-hybridized carbons (Fsp3) is 0.333. The van der Waals surface area contributed by atoms with Crippen molar-refractivity contribution in [3.63, 3.8) is 0 Å². The molecular weight excluding hydrogens is 653 g/mol. The third-order valence-corrected chi connectivity index (χ3v) is 6.82. The van der Waals surface area contributed by atoms with Crippen LogP contribution in [0, 0.1) is 0 Å². The minimum atomic E-state index is -5.08. The molecule has 0 aliphatic carbocycles. The van der Waals surface area contributed by atoms with Crippen molar-refractivity contribution in [2.45, 2.75) is 12.6 Å². The highest BCUT2D eigenvalue weighted by Gasteiger charge is 2.38. The Bertz CT molecular complexity index is 1830. The second kappa shape index (κ2) is 15.8. The highest BCUT2D eigenvalue weighted by atomic mass is 19.4. The number of rotatable bonds is 11. The van der Waals surface area contributed by atoms with E-state index in [4.69, 9.17) is 9.90 Å². The quantitative estimate of drug-likeness (QED) is 0.148. The Kier molecular flexibility index (Phi) is 12.1. The zero-order chi connectivity index (χ0) is 36.6. The lowest BCUT2D eigenvalue weighted by molar-refractivity contribution is -0.192. The standard InChI is InChI=1S/C28H36N10O4.C2HF3O2/c1-34(2)10-7-8-30-25(39)21-12-18(15-36(21)4)31-26(40)22-13-19(16-37(22)5)32-27(41)23-14-20(17-38(23)6)33-28(42)24-29-9-11-35(24)3;3-2(4,5)1(6)7/h9,11-17H,7-8,10H2,1-6H3,(H,30,39)(H,31,40)(H,32,41)(H,33,42);(H,6,7). The van der Waals surface area contributed by atoms with Crippen LogP contribution >= 0.6 is 0 Å². The Hall–Kier alpha value is -5.85. The second-order valence-corrected chi connectivity index (χ2v) is 11.1. The van der Waals surface area contributed by atoms with Crippen molar-refractivity contribution in [2.75, 3.05) is 43.1 Å². The summed E-state index contributed by atoms with van der Waals surface area (Å²) >= 11 is 0. The summed E-state index contributed by atoms with van der Waals surface area (Å²) in [5, 5.41) is 18.4. The predicted molar refractivity (Wildman–Crippen MR) is 173 cm³/mol. The molecule has 4 aromatic heterocycles. The van der Waals surface area contributed by atoms with E-state index in [2.05, 4.69) is 26.3 Å². The zero-order valence-electron chi connectivity index (χ0n) is 27.5. The summed E-state index contributed by atoms with van der Waals surface area (Å²) in [7, 11) is 10.8. The number of carbonyl (C=O) groups excluding carboxylic acids is 4. The van der Waals surface area contributed by atoms with Gasteiger partial charge in [0.05, 0.1) is 17.1 Å². The number of carboxylic acid groups (broad SMARTS) is 1. The molecule has 49 heavy (non-hydrogen) atoms. The van der Waals surface area contributed by atoms with Crippen LogP contribution in [-0.4, -0.2) is 96.2 Å². The number of carbonyl (C=O) groups is 5. The molecule has 0 unspecified atom stereocenters. The molecule has 264 valence electrons. The number of anilines is 3. The molecule has 0 aliphatic heterocycles. The topological polar surface area (TPSA) is 190 Å². The van der Waals surface area contributed by atoms with Gasteiger partial charge in [-0.05, 0) is 45.3 Å². The molecule has 0 saturated carbocycles. The van der Waals surface area contributed by atoms with Crippen LogP contribution in [0.2, 0.25) is 0 Å². The number of amides is 4. The Labute approximate surface area is 278 Å². The summed E-state index contributed by atoms with van der Waals surface area (Å²) in [4.78, 5) is 66.1. The average molecular weight is 691 g/mol. The van der Waals surface area contributed by atoms with Crippen molar-refractivity contribution < 1.29 is 42.3 Å². The highest BCUT2D eigenvalue weighted by Crippen LogP contribution is 2.20. The Morgan fingerprint density at radius 1 is 0.735 bits per heavy atom. The molecule has 0 atom stereocenters. The third-order valence-electron chi connectivity index (χ3n) is 6.82. The fourth-order valence-electron chi connectivity index (χ4n) is 4.43.